The van der Waals surface area contributed by atoms with Gasteiger partial charge in [0.1, 0.15) is 5.75 Å². The van der Waals surface area contributed by atoms with Crippen molar-refractivity contribution in [1.82, 2.24) is 10.9 Å². The number of carbonyl (C=O) groups is 3. The number of hydrogen-bond acceptors (Lipinski definition) is 5. The Morgan fingerprint density at radius 3 is 2.37 bits per heavy atom. The summed E-state index contributed by atoms with van der Waals surface area (Å²) in [5.41, 5.74) is 5.76. The summed E-state index contributed by atoms with van der Waals surface area (Å²) in [6.07, 6.45) is 0.565. The van der Waals surface area contributed by atoms with Crippen LogP contribution in [0.3, 0.4) is 0 Å². The molecule has 2 aromatic carbocycles. The molecule has 142 valence electrons. The maximum absolute atomic E-state index is 11.8. The summed E-state index contributed by atoms with van der Waals surface area (Å²) in [4.78, 5) is 35.3. The first-order chi connectivity index (χ1) is 13.1. The topological polar surface area (TPSA) is 93.7 Å². The predicted octanol–water partition coefficient (Wildman–Crippen LogP) is 2.02. The van der Waals surface area contributed by atoms with Crippen LogP contribution in [-0.4, -0.2) is 31.0 Å². The smallest absolute Gasteiger partial charge is 0.306 e. The highest BCUT2D eigenvalue weighted by molar-refractivity contribution is 5.95. The SMILES string of the molecule is CCOc1ccccc1CCC(=O)OCC(=O)NNC(=O)c1ccccc1. The lowest BCUT2D eigenvalue weighted by molar-refractivity contribution is -0.148. The molecule has 0 fully saturated rings. The van der Waals surface area contributed by atoms with Gasteiger partial charge in [0.2, 0.25) is 0 Å². The van der Waals surface area contributed by atoms with E-state index >= 15 is 0 Å². The Kier molecular flexibility index (Phi) is 7.84. The maximum Gasteiger partial charge on any atom is 0.306 e. The van der Waals surface area contributed by atoms with Gasteiger partial charge in [-0.15, -0.1) is 0 Å². The van der Waals surface area contributed by atoms with Crippen LogP contribution in [0.4, 0.5) is 0 Å². The molecule has 0 radical (unpaired) electrons. The van der Waals surface area contributed by atoms with Gasteiger partial charge >= 0.3 is 5.97 Å². The van der Waals surface area contributed by atoms with E-state index in [1.807, 2.05) is 31.2 Å². The molecule has 0 aromatic heterocycles. The number of hydrazine groups is 1. The number of esters is 1. The predicted molar refractivity (Wildman–Crippen MR) is 98.9 cm³/mol. The van der Waals surface area contributed by atoms with Crippen molar-refractivity contribution in [3.63, 3.8) is 0 Å². The van der Waals surface area contributed by atoms with E-state index in [-0.39, 0.29) is 6.42 Å². The Labute approximate surface area is 157 Å². The van der Waals surface area contributed by atoms with Crippen molar-refractivity contribution in [3.05, 3.63) is 65.7 Å². The maximum atomic E-state index is 11.8. The lowest BCUT2D eigenvalue weighted by Crippen LogP contribution is -2.43. The van der Waals surface area contributed by atoms with Crippen molar-refractivity contribution in [2.75, 3.05) is 13.2 Å². The summed E-state index contributed by atoms with van der Waals surface area (Å²) in [5.74, 6) is -0.856. The van der Waals surface area contributed by atoms with E-state index in [4.69, 9.17) is 9.47 Å². The second-order valence-corrected chi connectivity index (χ2v) is 5.57. The number of ether oxygens (including phenoxy) is 2. The van der Waals surface area contributed by atoms with Crippen molar-refractivity contribution in [2.45, 2.75) is 19.8 Å². The van der Waals surface area contributed by atoms with E-state index in [0.29, 0.717) is 18.6 Å². The van der Waals surface area contributed by atoms with Gasteiger partial charge < -0.3 is 9.47 Å². The Bertz CT molecular complexity index is 777. The monoisotopic (exact) mass is 370 g/mol. The van der Waals surface area contributed by atoms with Crippen molar-refractivity contribution >= 4 is 17.8 Å². The molecule has 27 heavy (non-hydrogen) atoms. The number of hydrogen-bond donors (Lipinski definition) is 2. The standard InChI is InChI=1S/C20H22N2O5/c1-2-26-17-11-7-6-8-15(17)12-13-19(24)27-14-18(23)21-22-20(25)16-9-4-3-5-10-16/h3-11H,2,12-14H2,1H3,(H,21,23)(H,22,25). The zero-order valence-corrected chi connectivity index (χ0v) is 15.1. The number of rotatable bonds is 8. The van der Waals surface area contributed by atoms with Crippen molar-refractivity contribution in [1.29, 1.82) is 0 Å². The van der Waals surface area contributed by atoms with Gasteiger partial charge in [0.15, 0.2) is 6.61 Å². The number of nitrogens with one attached hydrogen (secondary N) is 2. The lowest BCUT2D eigenvalue weighted by Gasteiger charge is -2.10. The van der Waals surface area contributed by atoms with Crippen LogP contribution < -0.4 is 15.6 Å². The fourth-order valence-electron chi connectivity index (χ4n) is 2.29. The zero-order chi connectivity index (χ0) is 19.5. The molecule has 0 aliphatic heterocycles. The number of carbonyl (C=O) groups excluding carboxylic acids is 3. The highest BCUT2D eigenvalue weighted by atomic mass is 16.5. The summed E-state index contributed by atoms with van der Waals surface area (Å²) < 4.78 is 10.4. The largest absolute Gasteiger partial charge is 0.494 e. The third kappa shape index (κ3) is 6.81. The van der Waals surface area contributed by atoms with Gasteiger partial charge in [-0.3, -0.25) is 25.2 Å². The number of benzene rings is 2. The summed E-state index contributed by atoms with van der Waals surface area (Å²) in [7, 11) is 0. The Balaban J connectivity index is 1.69. The average Bonchev–Trinajstić information content (AvgIpc) is 2.70. The van der Waals surface area contributed by atoms with E-state index in [1.165, 1.54) is 0 Å². The second kappa shape index (κ2) is 10.6. The molecule has 0 spiro atoms. The van der Waals surface area contributed by atoms with Crippen LogP contribution in [0, 0.1) is 0 Å². The zero-order valence-electron chi connectivity index (χ0n) is 15.1. The third-order valence-electron chi connectivity index (χ3n) is 3.59. The molecule has 0 aliphatic rings. The summed E-state index contributed by atoms with van der Waals surface area (Å²) in [5, 5.41) is 0. The molecule has 0 bridgehead atoms. The molecule has 0 heterocycles. The second-order valence-electron chi connectivity index (χ2n) is 5.57. The van der Waals surface area contributed by atoms with Crippen LogP contribution in [0.15, 0.2) is 54.6 Å². The number of para-hydroxylation sites is 1. The third-order valence-corrected chi connectivity index (χ3v) is 3.59. The molecule has 7 nitrogen and oxygen atoms in total. The minimum Gasteiger partial charge on any atom is -0.494 e. The first-order valence-corrected chi connectivity index (χ1v) is 8.60. The van der Waals surface area contributed by atoms with E-state index in [1.54, 1.807) is 30.3 Å². The van der Waals surface area contributed by atoms with E-state index in [0.717, 1.165) is 11.3 Å². The number of aryl methyl sites for hydroxylation is 1. The highest BCUT2D eigenvalue weighted by Crippen LogP contribution is 2.19. The molecule has 0 atom stereocenters. The van der Waals surface area contributed by atoms with Gasteiger partial charge in [0.25, 0.3) is 11.8 Å². The Morgan fingerprint density at radius 2 is 1.63 bits per heavy atom. The van der Waals surface area contributed by atoms with Gasteiger partial charge in [-0.2, -0.15) is 0 Å². The van der Waals surface area contributed by atoms with E-state index in [2.05, 4.69) is 10.9 Å². The normalized spacial score (nSPS) is 9.96. The summed E-state index contributed by atoms with van der Waals surface area (Å²) in [6.45, 7) is 1.96. The van der Waals surface area contributed by atoms with Gasteiger partial charge in [0, 0.05) is 12.0 Å². The van der Waals surface area contributed by atoms with Gasteiger partial charge in [-0.25, -0.2) is 0 Å². The van der Waals surface area contributed by atoms with Crippen LogP contribution in [-0.2, 0) is 20.7 Å². The van der Waals surface area contributed by atoms with Gasteiger partial charge in [-0.05, 0) is 37.1 Å². The van der Waals surface area contributed by atoms with Crippen LogP contribution in [0.2, 0.25) is 0 Å². The summed E-state index contributed by atoms with van der Waals surface area (Å²) >= 11 is 0. The van der Waals surface area contributed by atoms with Crippen LogP contribution in [0.1, 0.15) is 29.3 Å². The van der Waals surface area contributed by atoms with Crippen molar-refractivity contribution < 1.29 is 23.9 Å². The summed E-state index contributed by atoms with van der Waals surface area (Å²) in [6, 6.07) is 15.9. The molecule has 2 aromatic rings. The quantitative estimate of drug-likeness (QED) is 0.548. The minimum atomic E-state index is -0.623. The first-order valence-electron chi connectivity index (χ1n) is 8.60. The molecular formula is C20H22N2O5. The molecule has 2 N–H and O–H groups in total. The number of amides is 2. The minimum absolute atomic E-state index is 0.119. The lowest BCUT2D eigenvalue weighted by atomic mass is 10.1. The average molecular weight is 370 g/mol. The molecule has 0 unspecified atom stereocenters. The molecule has 2 amide bonds. The molecular weight excluding hydrogens is 348 g/mol. The highest BCUT2D eigenvalue weighted by Gasteiger charge is 2.11. The first kappa shape index (κ1) is 20.0. The molecule has 2 rings (SSSR count). The van der Waals surface area contributed by atoms with Crippen LogP contribution in [0.5, 0.6) is 5.75 Å². The van der Waals surface area contributed by atoms with E-state index < -0.39 is 24.4 Å². The Morgan fingerprint density at radius 1 is 0.926 bits per heavy atom. The molecule has 0 aliphatic carbocycles. The van der Waals surface area contributed by atoms with Gasteiger partial charge in [0.05, 0.1) is 6.61 Å². The Hall–Kier alpha value is -3.35. The molecule has 7 heteroatoms. The van der Waals surface area contributed by atoms with Crippen LogP contribution in [0.25, 0.3) is 0 Å². The van der Waals surface area contributed by atoms with Gasteiger partial charge in [-0.1, -0.05) is 36.4 Å². The van der Waals surface area contributed by atoms with Crippen molar-refractivity contribution in [3.8, 4) is 5.75 Å². The van der Waals surface area contributed by atoms with E-state index in [9.17, 15) is 14.4 Å². The molecule has 0 saturated heterocycles. The van der Waals surface area contributed by atoms with Crippen LogP contribution >= 0.6 is 0 Å². The fourth-order valence-corrected chi connectivity index (χ4v) is 2.29. The van der Waals surface area contributed by atoms with Crippen molar-refractivity contribution in [2.24, 2.45) is 0 Å². The fraction of sp³-hybridized carbons (Fsp3) is 0.250. The molecule has 0 saturated carbocycles.